The van der Waals surface area contributed by atoms with Gasteiger partial charge in [-0.2, -0.15) is 0 Å². The summed E-state index contributed by atoms with van der Waals surface area (Å²) in [5.41, 5.74) is 0. The zero-order chi connectivity index (χ0) is 19.8. The summed E-state index contributed by atoms with van der Waals surface area (Å²) in [7, 11) is 0. The van der Waals surface area contributed by atoms with Crippen molar-refractivity contribution in [2.75, 3.05) is 37.7 Å². The Morgan fingerprint density at radius 2 is 2.07 bits per heavy atom. The maximum Gasteiger partial charge on any atom is 0.191 e. The minimum atomic E-state index is -0.702. The van der Waals surface area contributed by atoms with Gasteiger partial charge in [0.1, 0.15) is 12.4 Å². The first-order chi connectivity index (χ1) is 13.7. The van der Waals surface area contributed by atoms with Crippen LogP contribution in [0.3, 0.4) is 0 Å². The van der Waals surface area contributed by atoms with Gasteiger partial charge < -0.3 is 20.3 Å². The average Bonchev–Trinajstić information content (AvgIpc) is 3.22. The van der Waals surface area contributed by atoms with Gasteiger partial charge >= 0.3 is 0 Å². The van der Waals surface area contributed by atoms with E-state index in [0.717, 1.165) is 44.5 Å². The van der Waals surface area contributed by atoms with Crippen LogP contribution < -0.4 is 20.3 Å². The molecule has 0 unspecified atom stereocenters. The number of ether oxygens (including phenoxy) is 1. The first-order valence-corrected chi connectivity index (χ1v) is 10.4. The molecule has 0 radical (unpaired) electrons. The third kappa shape index (κ3) is 7.29. The number of halogens is 3. The molecule has 29 heavy (non-hydrogen) atoms. The van der Waals surface area contributed by atoms with Crippen LogP contribution in [0.4, 0.5) is 13.8 Å². The number of guanidine groups is 1. The van der Waals surface area contributed by atoms with Crippen LogP contribution in [-0.4, -0.2) is 44.8 Å². The molecule has 1 aromatic heterocycles. The number of hydrogen-bond acceptors (Lipinski definition) is 4. The van der Waals surface area contributed by atoms with Gasteiger partial charge in [-0.15, -0.1) is 35.3 Å². The van der Waals surface area contributed by atoms with Crippen molar-refractivity contribution in [1.82, 2.24) is 10.6 Å². The zero-order valence-electron chi connectivity index (χ0n) is 16.4. The fraction of sp³-hybridized carbons (Fsp3) is 0.450. The van der Waals surface area contributed by atoms with Gasteiger partial charge in [0.15, 0.2) is 17.5 Å². The second-order valence-electron chi connectivity index (χ2n) is 6.54. The van der Waals surface area contributed by atoms with E-state index in [-0.39, 0.29) is 36.3 Å². The summed E-state index contributed by atoms with van der Waals surface area (Å²) in [5, 5.41) is 10.1. The molecule has 5 nitrogen and oxygen atoms in total. The summed E-state index contributed by atoms with van der Waals surface area (Å²) in [6.07, 6.45) is 2.08. The third-order valence-corrected chi connectivity index (χ3v) is 5.44. The first kappa shape index (κ1) is 23.7. The summed E-state index contributed by atoms with van der Waals surface area (Å²) in [5.74, 6) is -0.547. The fourth-order valence-corrected chi connectivity index (χ4v) is 3.90. The van der Waals surface area contributed by atoms with Crippen LogP contribution in [-0.2, 0) is 0 Å². The molecule has 1 saturated heterocycles. The molecule has 2 N–H and O–H groups in total. The predicted octanol–water partition coefficient (Wildman–Crippen LogP) is 4.25. The van der Waals surface area contributed by atoms with Gasteiger partial charge in [0.25, 0.3) is 0 Å². The molecule has 1 aromatic carbocycles. The topological polar surface area (TPSA) is 48.9 Å². The van der Waals surface area contributed by atoms with E-state index >= 15 is 0 Å². The predicted molar refractivity (Wildman–Crippen MR) is 126 cm³/mol. The summed E-state index contributed by atoms with van der Waals surface area (Å²) in [4.78, 5) is 6.91. The molecule has 160 valence electrons. The molecule has 9 heteroatoms. The fourth-order valence-electron chi connectivity index (χ4n) is 3.11. The number of aliphatic imine (C=N–C) groups is 1. The van der Waals surface area contributed by atoms with Gasteiger partial charge in [-0.3, -0.25) is 0 Å². The van der Waals surface area contributed by atoms with E-state index in [0.29, 0.717) is 12.6 Å². The van der Waals surface area contributed by atoms with Crippen molar-refractivity contribution < 1.29 is 13.5 Å². The molecular formula is C20H27F2IN4OS. The third-order valence-electron chi connectivity index (χ3n) is 4.51. The Hall–Kier alpha value is -1.62. The van der Waals surface area contributed by atoms with Gasteiger partial charge in [0.05, 0.1) is 11.5 Å². The summed E-state index contributed by atoms with van der Waals surface area (Å²) in [6, 6.07) is 7.89. The van der Waals surface area contributed by atoms with Crippen molar-refractivity contribution in [2.24, 2.45) is 4.99 Å². The van der Waals surface area contributed by atoms with E-state index in [2.05, 4.69) is 38.0 Å². The van der Waals surface area contributed by atoms with Crippen molar-refractivity contribution in [1.29, 1.82) is 0 Å². The Balaban J connectivity index is 0.00000300. The molecule has 0 saturated carbocycles. The van der Waals surface area contributed by atoms with Gasteiger partial charge in [-0.05, 0) is 49.4 Å². The summed E-state index contributed by atoms with van der Waals surface area (Å²) < 4.78 is 31.8. The second kappa shape index (κ2) is 12.2. The van der Waals surface area contributed by atoms with Gasteiger partial charge in [0.2, 0.25) is 0 Å². The number of nitrogens with zero attached hydrogens (tertiary/aromatic N) is 2. The van der Waals surface area contributed by atoms with Crippen LogP contribution in [0.15, 0.2) is 40.7 Å². The molecule has 3 rings (SSSR count). The number of rotatable bonds is 7. The molecule has 1 aliphatic rings. The van der Waals surface area contributed by atoms with Crippen molar-refractivity contribution in [2.45, 2.75) is 25.8 Å². The lowest BCUT2D eigenvalue weighted by atomic mass is 10.1. The molecule has 1 fully saturated rings. The highest BCUT2D eigenvalue weighted by Gasteiger charge is 2.20. The average molecular weight is 536 g/mol. The van der Waals surface area contributed by atoms with E-state index in [4.69, 9.17) is 4.74 Å². The van der Waals surface area contributed by atoms with Crippen molar-refractivity contribution in [3.8, 4) is 5.75 Å². The molecule has 1 aliphatic heterocycles. The lowest BCUT2D eigenvalue weighted by molar-refractivity contribution is 0.310. The first-order valence-electron chi connectivity index (χ1n) is 9.57. The SMILES string of the molecule is CCNC(=NCCOc1ccc(F)cc1F)NC1CCN(c2cccs2)CC1.I. The van der Waals surface area contributed by atoms with Gasteiger partial charge in [-0.1, -0.05) is 0 Å². The molecule has 0 spiro atoms. The second-order valence-corrected chi connectivity index (χ2v) is 7.47. The van der Waals surface area contributed by atoms with Crippen LogP contribution in [0.2, 0.25) is 0 Å². The largest absolute Gasteiger partial charge is 0.489 e. The number of thiophene rings is 1. The van der Waals surface area contributed by atoms with E-state index < -0.39 is 11.6 Å². The smallest absolute Gasteiger partial charge is 0.191 e. The van der Waals surface area contributed by atoms with E-state index in [1.54, 1.807) is 11.3 Å². The van der Waals surface area contributed by atoms with Gasteiger partial charge in [-0.25, -0.2) is 13.8 Å². The highest BCUT2D eigenvalue weighted by Crippen LogP contribution is 2.24. The Morgan fingerprint density at radius 3 is 2.72 bits per heavy atom. The Kier molecular flexibility index (Phi) is 9.92. The van der Waals surface area contributed by atoms with E-state index in [1.807, 2.05) is 6.92 Å². The summed E-state index contributed by atoms with van der Waals surface area (Å²) >= 11 is 1.77. The lowest BCUT2D eigenvalue weighted by Gasteiger charge is -2.33. The van der Waals surface area contributed by atoms with Gasteiger partial charge in [0, 0.05) is 31.7 Å². The molecule has 0 bridgehead atoms. The van der Waals surface area contributed by atoms with Crippen LogP contribution in [0.5, 0.6) is 5.75 Å². The Bertz CT molecular complexity index is 768. The highest BCUT2D eigenvalue weighted by molar-refractivity contribution is 14.0. The van der Waals surface area contributed by atoms with Crippen LogP contribution in [0.25, 0.3) is 0 Å². The molecule has 0 amide bonds. The summed E-state index contributed by atoms with van der Waals surface area (Å²) in [6.45, 7) is 5.40. The van der Waals surface area contributed by atoms with E-state index in [1.165, 1.54) is 17.1 Å². The highest BCUT2D eigenvalue weighted by atomic mass is 127. The zero-order valence-corrected chi connectivity index (χ0v) is 19.5. The number of anilines is 1. The maximum absolute atomic E-state index is 13.6. The van der Waals surface area contributed by atoms with Crippen molar-refractivity contribution in [3.63, 3.8) is 0 Å². The molecule has 0 aliphatic carbocycles. The monoisotopic (exact) mass is 536 g/mol. The number of hydrogen-bond donors (Lipinski definition) is 2. The number of benzene rings is 1. The number of piperidine rings is 1. The maximum atomic E-state index is 13.6. The Labute approximate surface area is 191 Å². The van der Waals surface area contributed by atoms with Crippen molar-refractivity contribution >= 4 is 46.3 Å². The molecule has 2 heterocycles. The van der Waals surface area contributed by atoms with Crippen LogP contribution >= 0.6 is 35.3 Å². The lowest BCUT2D eigenvalue weighted by Crippen LogP contribution is -2.48. The van der Waals surface area contributed by atoms with E-state index in [9.17, 15) is 8.78 Å². The normalized spacial score (nSPS) is 15.0. The molecule has 2 aromatic rings. The quantitative estimate of drug-likeness (QED) is 0.241. The minimum absolute atomic E-state index is 0. The number of nitrogens with one attached hydrogen (secondary N) is 2. The van der Waals surface area contributed by atoms with Crippen LogP contribution in [0, 0.1) is 11.6 Å². The van der Waals surface area contributed by atoms with Crippen LogP contribution in [0.1, 0.15) is 19.8 Å². The van der Waals surface area contributed by atoms with Crippen molar-refractivity contribution in [3.05, 3.63) is 47.3 Å². The molecule has 0 atom stereocenters. The minimum Gasteiger partial charge on any atom is -0.489 e. The standard InChI is InChI=1S/C20H26F2N4OS.HI/c1-2-23-20(24-9-12-27-18-6-5-15(21)14-17(18)22)25-16-7-10-26(11-8-16)19-4-3-13-28-19;/h3-6,13-14,16H,2,7-12H2,1H3,(H2,23,24,25);1H. The Morgan fingerprint density at radius 1 is 1.28 bits per heavy atom. The molecular weight excluding hydrogens is 509 g/mol.